The van der Waals surface area contributed by atoms with E-state index in [9.17, 15) is 4.79 Å². The van der Waals surface area contributed by atoms with E-state index in [-0.39, 0.29) is 10.6 Å². The second-order valence-corrected chi connectivity index (χ2v) is 4.65. The number of hydrogen-bond donors (Lipinski definition) is 0. The number of ketones is 1. The smallest absolute Gasteiger partial charge is 0.181 e. The van der Waals surface area contributed by atoms with Gasteiger partial charge in [-0.25, -0.2) is 0 Å². The molecule has 1 atom stereocenters. The summed E-state index contributed by atoms with van der Waals surface area (Å²) in [7, 11) is 1.58. The molecule has 0 saturated heterocycles. The molecule has 18 heavy (non-hydrogen) atoms. The number of pyridine rings is 1. The average Bonchev–Trinajstić information content (AvgIpc) is 2.46. The SMILES string of the molecule is COc1cccc(C(=O)[C@@H](Br)c2ccncc2)c1. The van der Waals surface area contributed by atoms with Crippen LogP contribution < -0.4 is 4.74 Å². The Morgan fingerprint density at radius 3 is 2.67 bits per heavy atom. The third kappa shape index (κ3) is 2.76. The van der Waals surface area contributed by atoms with E-state index >= 15 is 0 Å². The van der Waals surface area contributed by atoms with Gasteiger partial charge < -0.3 is 4.74 Å². The summed E-state index contributed by atoms with van der Waals surface area (Å²) in [5.41, 5.74) is 1.51. The fraction of sp³-hybridized carbons (Fsp3) is 0.143. The van der Waals surface area contributed by atoms with Crippen LogP contribution >= 0.6 is 15.9 Å². The van der Waals surface area contributed by atoms with Crippen molar-refractivity contribution in [3.63, 3.8) is 0 Å². The highest BCUT2D eigenvalue weighted by Gasteiger charge is 2.19. The Kier molecular flexibility index (Phi) is 4.10. The van der Waals surface area contributed by atoms with E-state index in [1.54, 1.807) is 37.7 Å². The maximum atomic E-state index is 12.3. The number of Topliss-reactive ketones (excluding diaryl/α,β-unsaturated/α-hetero) is 1. The van der Waals surface area contributed by atoms with Crippen LogP contribution in [0.5, 0.6) is 5.75 Å². The number of methoxy groups -OCH3 is 1. The normalized spacial score (nSPS) is 11.9. The van der Waals surface area contributed by atoms with Crippen molar-refractivity contribution < 1.29 is 9.53 Å². The first-order valence-electron chi connectivity index (χ1n) is 5.44. The van der Waals surface area contributed by atoms with Gasteiger partial charge in [0.15, 0.2) is 5.78 Å². The van der Waals surface area contributed by atoms with Crippen molar-refractivity contribution in [1.82, 2.24) is 4.98 Å². The number of nitrogens with zero attached hydrogens (tertiary/aromatic N) is 1. The first-order valence-corrected chi connectivity index (χ1v) is 6.36. The van der Waals surface area contributed by atoms with Gasteiger partial charge in [0.25, 0.3) is 0 Å². The molecule has 0 aliphatic carbocycles. The number of halogens is 1. The Hall–Kier alpha value is -1.68. The first-order chi connectivity index (χ1) is 8.72. The Balaban J connectivity index is 2.25. The lowest BCUT2D eigenvalue weighted by Crippen LogP contribution is -2.07. The fourth-order valence-corrected chi connectivity index (χ4v) is 2.18. The van der Waals surface area contributed by atoms with Crippen molar-refractivity contribution in [2.75, 3.05) is 7.11 Å². The van der Waals surface area contributed by atoms with Crippen LogP contribution in [0.15, 0.2) is 48.8 Å². The Morgan fingerprint density at radius 2 is 2.00 bits per heavy atom. The van der Waals surface area contributed by atoms with Crippen molar-refractivity contribution in [2.45, 2.75) is 4.83 Å². The summed E-state index contributed by atoms with van der Waals surface area (Å²) in [5, 5.41) is 0. The summed E-state index contributed by atoms with van der Waals surface area (Å²) in [6, 6.07) is 10.8. The number of rotatable bonds is 4. The third-order valence-corrected chi connectivity index (χ3v) is 3.53. The van der Waals surface area contributed by atoms with Crippen molar-refractivity contribution in [3.05, 3.63) is 59.9 Å². The quantitative estimate of drug-likeness (QED) is 0.642. The molecule has 92 valence electrons. The van der Waals surface area contributed by atoms with Crippen LogP contribution in [-0.4, -0.2) is 17.9 Å². The second kappa shape index (κ2) is 5.78. The number of hydrogen-bond acceptors (Lipinski definition) is 3. The van der Waals surface area contributed by atoms with Crippen LogP contribution in [0.2, 0.25) is 0 Å². The summed E-state index contributed by atoms with van der Waals surface area (Å²) in [5.74, 6) is 0.676. The van der Waals surface area contributed by atoms with Gasteiger partial charge in [-0.15, -0.1) is 0 Å². The van der Waals surface area contributed by atoms with Gasteiger partial charge in [-0.05, 0) is 29.8 Å². The van der Waals surface area contributed by atoms with Crippen LogP contribution in [0.25, 0.3) is 0 Å². The maximum Gasteiger partial charge on any atom is 0.181 e. The van der Waals surface area contributed by atoms with E-state index in [4.69, 9.17) is 4.74 Å². The molecule has 0 aliphatic heterocycles. The predicted octanol–water partition coefficient (Wildman–Crippen LogP) is 3.41. The number of carbonyl (C=O) groups excluding carboxylic acids is 1. The minimum Gasteiger partial charge on any atom is -0.497 e. The molecule has 1 aromatic carbocycles. The molecule has 0 saturated carbocycles. The fourth-order valence-electron chi connectivity index (χ4n) is 1.61. The van der Waals surface area contributed by atoms with Gasteiger partial charge >= 0.3 is 0 Å². The van der Waals surface area contributed by atoms with Crippen molar-refractivity contribution in [2.24, 2.45) is 0 Å². The van der Waals surface area contributed by atoms with Crippen molar-refractivity contribution in [1.29, 1.82) is 0 Å². The lowest BCUT2D eigenvalue weighted by Gasteiger charge is -2.09. The van der Waals surface area contributed by atoms with Crippen LogP contribution in [0.4, 0.5) is 0 Å². The number of ether oxygens (including phenoxy) is 1. The molecule has 0 N–H and O–H groups in total. The second-order valence-electron chi connectivity index (χ2n) is 3.74. The summed E-state index contributed by atoms with van der Waals surface area (Å²) in [6.45, 7) is 0. The van der Waals surface area contributed by atoms with Crippen molar-refractivity contribution >= 4 is 21.7 Å². The highest BCUT2D eigenvalue weighted by molar-refractivity contribution is 9.09. The lowest BCUT2D eigenvalue weighted by molar-refractivity contribution is 0.0991. The van der Waals surface area contributed by atoms with Gasteiger partial charge in [0.1, 0.15) is 10.6 Å². The van der Waals surface area contributed by atoms with Gasteiger partial charge in [0.2, 0.25) is 0 Å². The molecule has 0 fully saturated rings. The molecule has 0 bridgehead atoms. The average molecular weight is 306 g/mol. The van der Waals surface area contributed by atoms with Crippen LogP contribution in [0, 0.1) is 0 Å². The Morgan fingerprint density at radius 1 is 1.28 bits per heavy atom. The molecule has 0 spiro atoms. The molecule has 0 amide bonds. The molecule has 0 unspecified atom stereocenters. The molecule has 2 aromatic rings. The third-order valence-electron chi connectivity index (χ3n) is 2.58. The molecule has 1 heterocycles. The lowest BCUT2D eigenvalue weighted by atomic mass is 10.0. The Bertz CT molecular complexity index is 543. The van der Waals surface area contributed by atoms with E-state index in [1.807, 2.05) is 18.2 Å². The van der Waals surface area contributed by atoms with Crippen LogP contribution in [0.3, 0.4) is 0 Å². The summed E-state index contributed by atoms with van der Waals surface area (Å²) < 4.78 is 5.11. The number of carbonyl (C=O) groups is 1. The topological polar surface area (TPSA) is 39.2 Å². The van der Waals surface area contributed by atoms with Gasteiger partial charge in [-0.2, -0.15) is 0 Å². The monoisotopic (exact) mass is 305 g/mol. The zero-order chi connectivity index (χ0) is 13.0. The molecule has 3 nitrogen and oxygen atoms in total. The number of alkyl halides is 1. The minimum absolute atomic E-state index is 0.0000926. The van der Waals surface area contributed by atoms with E-state index in [1.165, 1.54) is 0 Å². The van der Waals surface area contributed by atoms with E-state index in [0.717, 1.165) is 5.56 Å². The van der Waals surface area contributed by atoms with E-state index < -0.39 is 0 Å². The molecular formula is C14H12BrNO2. The molecule has 0 radical (unpaired) electrons. The van der Waals surface area contributed by atoms with Crippen LogP contribution in [-0.2, 0) is 0 Å². The summed E-state index contributed by atoms with van der Waals surface area (Å²) >= 11 is 3.42. The van der Waals surface area contributed by atoms with Gasteiger partial charge in [-0.1, -0.05) is 28.1 Å². The van der Waals surface area contributed by atoms with E-state index in [2.05, 4.69) is 20.9 Å². The highest BCUT2D eigenvalue weighted by atomic mass is 79.9. The Labute approximate surface area is 114 Å². The standard InChI is InChI=1S/C14H12BrNO2/c1-18-12-4-2-3-11(9-12)14(17)13(15)10-5-7-16-8-6-10/h2-9,13H,1H3/t13-/m0/s1. The zero-order valence-electron chi connectivity index (χ0n) is 9.84. The number of aromatic nitrogens is 1. The summed E-state index contributed by atoms with van der Waals surface area (Å²) in [6.07, 6.45) is 3.34. The largest absolute Gasteiger partial charge is 0.497 e. The van der Waals surface area contributed by atoms with Crippen molar-refractivity contribution in [3.8, 4) is 5.75 Å². The molecule has 2 rings (SSSR count). The zero-order valence-corrected chi connectivity index (χ0v) is 11.4. The molecule has 0 aliphatic rings. The summed E-state index contributed by atoms with van der Waals surface area (Å²) in [4.78, 5) is 15.9. The minimum atomic E-state index is -0.368. The maximum absolute atomic E-state index is 12.3. The van der Waals surface area contributed by atoms with Gasteiger partial charge in [-0.3, -0.25) is 9.78 Å². The van der Waals surface area contributed by atoms with Gasteiger partial charge in [0, 0.05) is 18.0 Å². The van der Waals surface area contributed by atoms with E-state index in [0.29, 0.717) is 11.3 Å². The molecule has 1 aromatic heterocycles. The highest BCUT2D eigenvalue weighted by Crippen LogP contribution is 2.27. The number of benzene rings is 1. The molecular weight excluding hydrogens is 294 g/mol. The van der Waals surface area contributed by atoms with Gasteiger partial charge in [0.05, 0.1) is 7.11 Å². The predicted molar refractivity (Wildman–Crippen MR) is 73.2 cm³/mol. The first kappa shape index (κ1) is 12.8. The molecule has 4 heteroatoms. The van der Waals surface area contributed by atoms with Crippen LogP contribution in [0.1, 0.15) is 20.7 Å².